The molecule has 0 aliphatic heterocycles. The van der Waals surface area contributed by atoms with Crippen LogP contribution in [0.3, 0.4) is 0 Å². The molecule has 1 amide bonds. The van der Waals surface area contributed by atoms with Gasteiger partial charge in [-0.3, -0.25) is 9.78 Å². The average Bonchev–Trinajstić information content (AvgIpc) is 2.82. The molecule has 20 heavy (non-hydrogen) atoms. The van der Waals surface area contributed by atoms with Crippen LogP contribution in [0.2, 0.25) is 0 Å². The molecule has 0 saturated carbocycles. The van der Waals surface area contributed by atoms with Crippen LogP contribution in [0.15, 0.2) is 24.4 Å². The molecular formula is C15H19N3OS. The van der Waals surface area contributed by atoms with Gasteiger partial charge in [-0.25, -0.2) is 4.98 Å². The predicted molar refractivity (Wildman–Crippen MR) is 81.9 cm³/mol. The Morgan fingerprint density at radius 1 is 1.45 bits per heavy atom. The number of nitrogens with one attached hydrogen (secondary N) is 1. The van der Waals surface area contributed by atoms with Gasteiger partial charge in [0.1, 0.15) is 9.88 Å². The number of aryl methyl sites for hydroxylation is 1. The molecular weight excluding hydrogens is 270 g/mol. The van der Waals surface area contributed by atoms with Crippen molar-refractivity contribution in [3.05, 3.63) is 35.0 Å². The van der Waals surface area contributed by atoms with E-state index in [1.807, 2.05) is 32.0 Å². The molecule has 0 saturated heterocycles. The van der Waals surface area contributed by atoms with Crippen molar-refractivity contribution in [2.45, 2.75) is 39.7 Å². The van der Waals surface area contributed by atoms with Gasteiger partial charge < -0.3 is 5.32 Å². The van der Waals surface area contributed by atoms with Crippen LogP contribution in [-0.2, 0) is 0 Å². The Labute approximate surface area is 123 Å². The Bertz CT molecular complexity index is 580. The zero-order valence-corrected chi connectivity index (χ0v) is 12.8. The Balaban J connectivity index is 2.17. The summed E-state index contributed by atoms with van der Waals surface area (Å²) in [7, 11) is 0. The molecule has 2 rings (SSSR count). The third-order valence-electron chi connectivity index (χ3n) is 2.99. The summed E-state index contributed by atoms with van der Waals surface area (Å²) >= 11 is 1.40. The molecule has 1 N–H and O–H groups in total. The highest BCUT2D eigenvalue weighted by Crippen LogP contribution is 2.26. The first-order valence-corrected chi connectivity index (χ1v) is 7.63. The first-order valence-electron chi connectivity index (χ1n) is 6.81. The predicted octanol–water partition coefficient (Wildman–Crippen LogP) is 3.43. The molecule has 0 aromatic carbocycles. The van der Waals surface area contributed by atoms with E-state index in [-0.39, 0.29) is 11.9 Å². The largest absolute Gasteiger partial charge is 0.349 e. The normalized spacial score (nSPS) is 12.2. The van der Waals surface area contributed by atoms with E-state index < -0.39 is 0 Å². The van der Waals surface area contributed by atoms with E-state index in [1.54, 1.807) is 6.20 Å². The van der Waals surface area contributed by atoms with Crippen LogP contribution < -0.4 is 5.32 Å². The highest BCUT2D eigenvalue weighted by Gasteiger charge is 2.17. The fourth-order valence-corrected chi connectivity index (χ4v) is 2.95. The number of amides is 1. The van der Waals surface area contributed by atoms with Gasteiger partial charge in [0.15, 0.2) is 0 Å². The standard InChI is InChI=1S/C15H19N3OS/c1-4-7-10(2)17-14(19)13-11(3)18-15(20-13)12-8-5-6-9-16-12/h5-6,8-10H,4,7H2,1-3H3,(H,17,19)/t10-/m1/s1. The number of carbonyl (C=O) groups excluding carboxylic acids is 1. The average molecular weight is 289 g/mol. The van der Waals surface area contributed by atoms with Crippen LogP contribution in [0, 0.1) is 6.92 Å². The molecule has 1 atom stereocenters. The van der Waals surface area contributed by atoms with Gasteiger partial charge in [0.25, 0.3) is 5.91 Å². The van der Waals surface area contributed by atoms with Crippen molar-refractivity contribution in [3.8, 4) is 10.7 Å². The van der Waals surface area contributed by atoms with E-state index in [4.69, 9.17) is 0 Å². The van der Waals surface area contributed by atoms with Gasteiger partial charge in [0.2, 0.25) is 0 Å². The van der Waals surface area contributed by atoms with Crippen molar-refractivity contribution in [1.82, 2.24) is 15.3 Å². The van der Waals surface area contributed by atoms with Crippen molar-refractivity contribution < 1.29 is 4.79 Å². The maximum atomic E-state index is 12.2. The van der Waals surface area contributed by atoms with E-state index in [0.29, 0.717) is 4.88 Å². The van der Waals surface area contributed by atoms with Gasteiger partial charge in [-0.15, -0.1) is 11.3 Å². The molecule has 0 radical (unpaired) electrons. The van der Waals surface area contributed by atoms with Gasteiger partial charge >= 0.3 is 0 Å². The lowest BCUT2D eigenvalue weighted by molar-refractivity contribution is 0.0941. The molecule has 0 aliphatic carbocycles. The van der Waals surface area contributed by atoms with Gasteiger partial charge in [-0.2, -0.15) is 0 Å². The molecule has 106 valence electrons. The van der Waals surface area contributed by atoms with E-state index in [9.17, 15) is 4.79 Å². The SMILES string of the molecule is CCC[C@@H](C)NC(=O)c1sc(-c2ccccn2)nc1C. The van der Waals surface area contributed by atoms with E-state index in [0.717, 1.165) is 29.2 Å². The lowest BCUT2D eigenvalue weighted by Crippen LogP contribution is -2.32. The van der Waals surface area contributed by atoms with Crippen LogP contribution in [0.25, 0.3) is 10.7 Å². The maximum Gasteiger partial charge on any atom is 0.263 e. The van der Waals surface area contributed by atoms with Gasteiger partial charge in [0, 0.05) is 12.2 Å². The zero-order chi connectivity index (χ0) is 14.5. The van der Waals surface area contributed by atoms with Gasteiger partial charge in [-0.05, 0) is 32.4 Å². The topological polar surface area (TPSA) is 54.9 Å². The smallest absolute Gasteiger partial charge is 0.263 e. The minimum atomic E-state index is -0.0388. The molecule has 2 heterocycles. The summed E-state index contributed by atoms with van der Waals surface area (Å²) in [6.07, 6.45) is 3.77. The quantitative estimate of drug-likeness (QED) is 0.917. The van der Waals surface area contributed by atoms with Crippen LogP contribution >= 0.6 is 11.3 Å². The summed E-state index contributed by atoms with van der Waals surface area (Å²) in [4.78, 5) is 21.6. The monoisotopic (exact) mass is 289 g/mol. The first kappa shape index (κ1) is 14.7. The molecule has 0 spiro atoms. The van der Waals surface area contributed by atoms with Gasteiger partial charge in [0.05, 0.1) is 11.4 Å². The molecule has 0 bridgehead atoms. The molecule has 0 aliphatic rings. The summed E-state index contributed by atoms with van der Waals surface area (Å²) in [5, 5.41) is 3.80. The molecule has 0 fully saturated rings. The van der Waals surface area contributed by atoms with Crippen LogP contribution in [-0.4, -0.2) is 21.9 Å². The first-order chi connectivity index (χ1) is 9.61. The number of carbonyl (C=O) groups is 1. The number of rotatable bonds is 5. The third kappa shape index (κ3) is 3.42. The Kier molecular flexibility index (Phi) is 4.84. The Morgan fingerprint density at radius 2 is 2.25 bits per heavy atom. The third-order valence-corrected chi connectivity index (χ3v) is 4.16. The minimum absolute atomic E-state index is 0.0388. The molecule has 5 heteroatoms. The number of nitrogens with zero attached hydrogens (tertiary/aromatic N) is 2. The maximum absolute atomic E-state index is 12.2. The van der Waals surface area contributed by atoms with Crippen molar-refractivity contribution in [2.24, 2.45) is 0 Å². The molecule has 4 nitrogen and oxygen atoms in total. The minimum Gasteiger partial charge on any atom is -0.349 e. The van der Waals surface area contributed by atoms with Crippen molar-refractivity contribution in [3.63, 3.8) is 0 Å². The summed E-state index contributed by atoms with van der Waals surface area (Å²) in [6, 6.07) is 5.87. The van der Waals surface area contributed by atoms with Crippen LogP contribution in [0.5, 0.6) is 0 Å². The summed E-state index contributed by atoms with van der Waals surface area (Å²) < 4.78 is 0. The molecule has 2 aromatic rings. The van der Waals surface area contributed by atoms with Crippen LogP contribution in [0.1, 0.15) is 42.1 Å². The van der Waals surface area contributed by atoms with E-state index in [1.165, 1.54) is 11.3 Å². The van der Waals surface area contributed by atoms with Crippen LogP contribution in [0.4, 0.5) is 0 Å². The highest BCUT2D eigenvalue weighted by molar-refractivity contribution is 7.17. The second-order valence-electron chi connectivity index (χ2n) is 4.81. The highest BCUT2D eigenvalue weighted by atomic mass is 32.1. The second kappa shape index (κ2) is 6.61. The van der Waals surface area contributed by atoms with E-state index >= 15 is 0 Å². The number of aromatic nitrogens is 2. The van der Waals surface area contributed by atoms with E-state index in [2.05, 4.69) is 22.2 Å². The second-order valence-corrected chi connectivity index (χ2v) is 5.81. The lowest BCUT2D eigenvalue weighted by Gasteiger charge is -2.11. The molecule has 0 unspecified atom stereocenters. The fourth-order valence-electron chi connectivity index (χ4n) is 2.00. The zero-order valence-electron chi connectivity index (χ0n) is 12.0. The Hall–Kier alpha value is -1.75. The number of pyridine rings is 1. The summed E-state index contributed by atoms with van der Waals surface area (Å²) in [6.45, 7) is 6.00. The summed E-state index contributed by atoms with van der Waals surface area (Å²) in [5.41, 5.74) is 1.57. The van der Waals surface area contributed by atoms with Gasteiger partial charge in [-0.1, -0.05) is 19.4 Å². The van der Waals surface area contributed by atoms with Crippen molar-refractivity contribution in [1.29, 1.82) is 0 Å². The number of hydrogen-bond acceptors (Lipinski definition) is 4. The number of hydrogen-bond donors (Lipinski definition) is 1. The summed E-state index contributed by atoms with van der Waals surface area (Å²) in [5.74, 6) is -0.0388. The number of thiazole rings is 1. The van der Waals surface area contributed by atoms with Crippen molar-refractivity contribution >= 4 is 17.2 Å². The molecule has 2 aromatic heterocycles. The fraction of sp³-hybridized carbons (Fsp3) is 0.400. The van der Waals surface area contributed by atoms with Crippen molar-refractivity contribution in [2.75, 3.05) is 0 Å². The lowest BCUT2D eigenvalue weighted by atomic mass is 10.2. The Morgan fingerprint density at radius 3 is 2.90 bits per heavy atom.